The Labute approximate surface area is 155 Å². The van der Waals surface area contributed by atoms with Crippen LogP contribution in [0.25, 0.3) is 0 Å². The topological polar surface area (TPSA) is 118 Å². The third-order valence-electron chi connectivity index (χ3n) is 3.19. The third-order valence-corrected chi connectivity index (χ3v) is 4.23. The van der Waals surface area contributed by atoms with Gasteiger partial charge in [0.05, 0.1) is 0 Å². The van der Waals surface area contributed by atoms with Gasteiger partial charge in [-0.3, -0.25) is 9.59 Å². The van der Waals surface area contributed by atoms with Crippen LogP contribution in [-0.4, -0.2) is 72.0 Å². The van der Waals surface area contributed by atoms with Crippen LogP contribution in [0.4, 0.5) is 4.79 Å². The van der Waals surface area contributed by atoms with Crippen molar-refractivity contribution in [3.05, 3.63) is 0 Å². The summed E-state index contributed by atoms with van der Waals surface area (Å²) in [5, 5.41) is 10.5. The van der Waals surface area contributed by atoms with E-state index in [0.29, 0.717) is 5.75 Å². The fourth-order valence-electron chi connectivity index (χ4n) is 2.26. The molecule has 146 valence electrons. The second-order valence-corrected chi connectivity index (χ2v) is 6.57. The first kappa shape index (κ1) is 22.1. The Balaban J connectivity index is 2.90. The van der Waals surface area contributed by atoms with Crippen LogP contribution in [0.15, 0.2) is 0 Å². The van der Waals surface area contributed by atoms with Crippen LogP contribution in [0.2, 0.25) is 0 Å². The molecule has 0 aromatic heterocycles. The Kier molecular flexibility index (Phi) is 9.26. The lowest BCUT2D eigenvalue weighted by atomic mass is 9.99. The minimum Gasteiger partial charge on any atom is -0.456 e. The van der Waals surface area contributed by atoms with Crippen molar-refractivity contribution in [2.45, 2.75) is 50.6 Å². The van der Waals surface area contributed by atoms with Gasteiger partial charge in [0.25, 0.3) is 0 Å². The van der Waals surface area contributed by atoms with Gasteiger partial charge in [-0.2, -0.15) is 0 Å². The first-order valence-corrected chi connectivity index (χ1v) is 8.87. The molecule has 1 heterocycles. The smallest absolute Gasteiger partial charge is 0.456 e. The molecule has 0 bridgehead atoms. The van der Waals surface area contributed by atoms with Gasteiger partial charge in [0.1, 0.15) is 24.3 Å². The van der Waals surface area contributed by atoms with Crippen LogP contribution >= 0.6 is 11.8 Å². The van der Waals surface area contributed by atoms with Crippen LogP contribution in [0, 0.1) is 12.3 Å². The highest BCUT2D eigenvalue weighted by molar-refractivity contribution is 7.99. The Morgan fingerprint density at radius 1 is 1.15 bits per heavy atom. The van der Waals surface area contributed by atoms with Crippen LogP contribution in [-0.2, 0) is 33.3 Å². The van der Waals surface area contributed by atoms with Crippen molar-refractivity contribution >= 4 is 29.9 Å². The molecule has 3 unspecified atom stereocenters. The van der Waals surface area contributed by atoms with Crippen LogP contribution < -0.4 is 0 Å². The Hall–Kier alpha value is -1.96. The molecule has 26 heavy (non-hydrogen) atoms. The maximum atomic E-state index is 11.4. The number of esters is 2. The summed E-state index contributed by atoms with van der Waals surface area (Å²) in [5.74, 6) is 1.43. The molecule has 1 N–H and O–H groups in total. The van der Waals surface area contributed by atoms with Gasteiger partial charge in [-0.15, -0.1) is 18.2 Å². The molecule has 1 saturated heterocycles. The number of hydrogen-bond acceptors (Lipinski definition) is 10. The molecule has 0 aromatic carbocycles. The first-order chi connectivity index (χ1) is 12.3. The van der Waals surface area contributed by atoms with E-state index >= 15 is 0 Å². The van der Waals surface area contributed by atoms with Gasteiger partial charge in [0.2, 0.25) is 0 Å². The summed E-state index contributed by atoms with van der Waals surface area (Å²) in [7, 11) is 0. The maximum Gasteiger partial charge on any atom is 0.509 e. The molecule has 0 saturated carbocycles. The van der Waals surface area contributed by atoms with Crippen LogP contribution in [0.5, 0.6) is 0 Å². The lowest BCUT2D eigenvalue weighted by Crippen LogP contribution is -2.60. The summed E-state index contributed by atoms with van der Waals surface area (Å²) in [6.45, 7) is 3.59. The van der Waals surface area contributed by atoms with Gasteiger partial charge in [-0.05, 0) is 5.75 Å². The molecule has 9 nitrogen and oxygen atoms in total. The molecule has 0 spiro atoms. The van der Waals surface area contributed by atoms with E-state index in [0.717, 1.165) is 6.92 Å². The molecular formula is C16H22O9S. The number of thioether (sulfide) groups is 1. The molecule has 10 heteroatoms. The average Bonchev–Trinajstić information content (AvgIpc) is 2.56. The number of hydrogen-bond donors (Lipinski definition) is 1. The zero-order valence-electron chi connectivity index (χ0n) is 14.7. The highest BCUT2D eigenvalue weighted by Crippen LogP contribution is 2.32. The van der Waals surface area contributed by atoms with Crippen molar-refractivity contribution in [2.75, 3.05) is 19.0 Å². The number of terminal acetylenes is 1. The van der Waals surface area contributed by atoms with Crippen LogP contribution in [0.3, 0.4) is 0 Å². The fourth-order valence-corrected chi connectivity index (χ4v) is 3.21. The normalized spacial score (nSPS) is 27.7. The fraction of sp³-hybridized carbons (Fsp3) is 0.688. The monoisotopic (exact) mass is 390 g/mol. The van der Waals surface area contributed by atoms with E-state index in [1.165, 1.54) is 18.7 Å². The van der Waals surface area contributed by atoms with E-state index in [1.807, 2.05) is 6.92 Å². The molecule has 1 aliphatic heterocycles. The van der Waals surface area contributed by atoms with Gasteiger partial charge in [0, 0.05) is 13.8 Å². The van der Waals surface area contributed by atoms with Gasteiger partial charge < -0.3 is 28.8 Å². The second kappa shape index (κ2) is 10.9. The Morgan fingerprint density at radius 3 is 2.31 bits per heavy atom. The Bertz CT molecular complexity index is 544. The summed E-state index contributed by atoms with van der Waals surface area (Å²) in [4.78, 5) is 34.2. The lowest BCUT2D eigenvalue weighted by Gasteiger charge is -2.42. The number of carbonyl (C=O) groups is 3. The molecule has 1 aliphatic rings. The molecule has 0 radical (unpaired) electrons. The lowest BCUT2D eigenvalue weighted by molar-refractivity contribution is -0.228. The highest BCUT2D eigenvalue weighted by atomic mass is 32.2. The molecule has 0 aliphatic carbocycles. The standard InChI is InChI=1S/C16H22O9S/c1-5-7-21-16(20)22-8-11-12(19)13(23-9(3)17)14(24-10(4)18)15(25-11)26-6-2/h1,11-15,19H,6-8H2,2-4H3/t11?,12-,13?,14?,15+/m1/s1. The van der Waals surface area contributed by atoms with E-state index in [9.17, 15) is 19.5 Å². The van der Waals surface area contributed by atoms with Gasteiger partial charge in [0.15, 0.2) is 18.8 Å². The SMILES string of the molecule is C#CCOC(=O)OCC1O[C@@H](SCC)C(OC(C)=O)C(OC(C)=O)[C@@H]1O. The van der Waals surface area contributed by atoms with Crippen molar-refractivity contribution in [3.63, 3.8) is 0 Å². The van der Waals surface area contributed by atoms with E-state index in [1.54, 1.807) is 0 Å². The summed E-state index contributed by atoms with van der Waals surface area (Å²) >= 11 is 1.29. The van der Waals surface area contributed by atoms with Crippen molar-refractivity contribution in [1.29, 1.82) is 0 Å². The molecule has 1 fully saturated rings. The quantitative estimate of drug-likeness (QED) is 0.373. The number of carbonyl (C=O) groups excluding carboxylic acids is 3. The molecule has 0 aromatic rings. The zero-order chi connectivity index (χ0) is 19.7. The first-order valence-electron chi connectivity index (χ1n) is 7.82. The van der Waals surface area contributed by atoms with Gasteiger partial charge in [-0.1, -0.05) is 12.8 Å². The highest BCUT2D eigenvalue weighted by Gasteiger charge is 2.49. The minimum atomic E-state index is -1.39. The number of aliphatic hydroxyl groups excluding tert-OH is 1. The predicted molar refractivity (Wildman–Crippen MR) is 90.0 cm³/mol. The number of aliphatic hydroxyl groups is 1. The van der Waals surface area contributed by atoms with E-state index in [4.69, 9.17) is 25.4 Å². The molecule has 0 amide bonds. The van der Waals surface area contributed by atoms with Crippen molar-refractivity contribution < 1.29 is 43.2 Å². The largest absolute Gasteiger partial charge is 0.509 e. The van der Waals surface area contributed by atoms with E-state index in [2.05, 4.69) is 10.7 Å². The molecule has 5 atom stereocenters. The molecular weight excluding hydrogens is 368 g/mol. The van der Waals surface area contributed by atoms with Crippen LogP contribution in [0.1, 0.15) is 20.8 Å². The summed E-state index contributed by atoms with van der Waals surface area (Å²) in [6, 6.07) is 0. The average molecular weight is 390 g/mol. The van der Waals surface area contributed by atoms with Gasteiger partial charge >= 0.3 is 18.1 Å². The van der Waals surface area contributed by atoms with Crippen molar-refractivity contribution in [3.8, 4) is 12.3 Å². The van der Waals surface area contributed by atoms with E-state index < -0.39 is 47.9 Å². The number of rotatable bonds is 7. The van der Waals surface area contributed by atoms with E-state index in [-0.39, 0.29) is 13.2 Å². The third kappa shape index (κ3) is 6.74. The summed E-state index contributed by atoms with van der Waals surface area (Å²) < 4.78 is 25.4. The summed E-state index contributed by atoms with van der Waals surface area (Å²) in [5.41, 5.74) is -0.730. The Morgan fingerprint density at radius 2 is 1.77 bits per heavy atom. The predicted octanol–water partition coefficient (Wildman–Crippen LogP) is 0.475. The maximum absolute atomic E-state index is 11.4. The van der Waals surface area contributed by atoms with Gasteiger partial charge in [-0.25, -0.2) is 4.79 Å². The number of ether oxygens (including phenoxy) is 5. The van der Waals surface area contributed by atoms with Crippen molar-refractivity contribution in [2.24, 2.45) is 0 Å². The second-order valence-electron chi connectivity index (χ2n) is 5.19. The summed E-state index contributed by atoms with van der Waals surface area (Å²) in [6.07, 6.45) is -0.655. The molecule has 1 rings (SSSR count). The van der Waals surface area contributed by atoms with Crippen molar-refractivity contribution in [1.82, 2.24) is 0 Å². The zero-order valence-corrected chi connectivity index (χ0v) is 15.5. The minimum absolute atomic E-state index is 0.258.